The Kier molecular flexibility index (Phi) is 8.35. The van der Waals surface area contributed by atoms with Gasteiger partial charge in [-0.25, -0.2) is 18.4 Å². The van der Waals surface area contributed by atoms with Gasteiger partial charge < -0.3 is 24.1 Å². The largest absolute Gasteiger partial charge is 0.494 e. The normalized spacial score (nSPS) is 12.9. The van der Waals surface area contributed by atoms with E-state index in [4.69, 9.17) is 18.9 Å². The van der Waals surface area contributed by atoms with E-state index in [0.29, 0.717) is 34.5 Å². The third kappa shape index (κ3) is 5.46. The molecule has 0 fully saturated rings. The lowest BCUT2D eigenvalue weighted by molar-refractivity contribution is 0.165. The van der Waals surface area contributed by atoms with E-state index in [1.54, 1.807) is 43.3 Å². The number of methoxy groups -OCH3 is 4. The molecule has 3 aromatic heterocycles. The van der Waals surface area contributed by atoms with E-state index < -0.39 is 21.4 Å². The molecular formula is C25H29N7O7S. The van der Waals surface area contributed by atoms with Gasteiger partial charge in [0.25, 0.3) is 0 Å². The second-order valence-corrected chi connectivity index (χ2v) is 10.5. The van der Waals surface area contributed by atoms with Gasteiger partial charge in [-0.3, -0.25) is 14.3 Å². The summed E-state index contributed by atoms with van der Waals surface area (Å²) in [4.78, 5) is 12.7. The van der Waals surface area contributed by atoms with Crippen molar-refractivity contribution in [2.45, 2.75) is 25.2 Å². The van der Waals surface area contributed by atoms with Gasteiger partial charge in [0, 0.05) is 12.3 Å². The van der Waals surface area contributed by atoms with Crippen LogP contribution in [0.1, 0.15) is 24.4 Å². The molecule has 4 rings (SSSR count). The van der Waals surface area contributed by atoms with Crippen molar-refractivity contribution in [2.75, 3.05) is 33.2 Å². The second kappa shape index (κ2) is 11.7. The number of aliphatic hydroxyl groups is 1. The van der Waals surface area contributed by atoms with Gasteiger partial charge in [0.2, 0.25) is 27.7 Å². The van der Waals surface area contributed by atoms with Crippen LogP contribution in [-0.2, 0) is 10.0 Å². The Morgan fingerprint density at radius 2 is 1.60 bits per heavy atom. The number of aryl methyl sites for hydroxylation is 1. The summed E-state index contributed by atoms with van der Waals surface area (Å²) in [5.41, 5.74) is 1.16. The zero-order chi connectivity index (χ0) is 29.0. The lowest BCUT2D eigenvalue weighted by Gasteiger charge is -2.22. The first-order chi connectivity index (χ1) is 19.1. The van der Waals surface area contributed by atoms with Gasteiger partial charge in [-0.2, -0.15) is 0 Å². The number of nitrogens with one attached hydrogen (secondary N) is 1. The van der Waals surface area contributed by atoms with Crippen LogP contribution in [0.15, 0.2) is 42.6 Å². The SMILES string of the molecule is COc1cccc(-c2nnc(NS(=O)(=O)C(C)C(O)c3ncc(C)nc3OC)n2-c2c(OC)cccc2OC)n1. The highest BCUT2D eigenvalue weighted by Gasteiger charge is 2.35. The smallest absolute Gasteiger partial charge is 0.243 e. The molecule has 2 atom stereocenters. The molecule has 2 N–H and O–H groups in total. The first-order valence-corrected chi connectivity index (χ1v) is 13.4. The molecular weight excluding hydrogens is 542 g/mol. The zero-order valence-corrected chi connectivity index (χ0v) is 23.5. The summed E-state index contributed by atoms with van der Waals surface area (Å²) >= 11 is 0. The summed E-state index contributed by atoms with van der Waals surface area (Å²) < 4.78 is 52.6. The maximum Gasteiger partial charge on any atom is 0.243 e. The number of pyridine rings is 1. The minimum absolute atomic E-state index is 0.0165. The topological polar surface area (TPSA) is 173 Å². The van der Waals surface area contributed by atoms with Gasteiger partial charge in [0.1, 0.15) is 39.9 Å². The molecule has 1 aromatic carbocycles. The molecule has 14 nitrogen and oxygen atoms in total. The molecule has 40 heavy (non-hydrogen) atoms. The number of rotatable bonds is 11. The van der Waals surface area contributed by atoms with Crippen LogP contribution in [0.5, 0.6) is 23.3 Å². The fraction of sp³-hybridized carbons (Fsp3) is 0.320. The maximum absolute atomic E-state index is 13.6. The Morgan fingerprint density at radius 1 is 0.925 bits per heavy atom. The predicted octanol–water partition coefficient (Wildman–Crippen LogP) is 2.33. The van der Waals surface area contributed by atoms with Crippen LogP contribution < -0.4 is 23.7 Å². The van der Waals surface area contributed by atoms with Crippen LogP contribution in [-0.4, -0.2) is 76.9 Å². The number of anilines is 1. The van der Waals surface area contributed by atoms with Crippen LogP contribution in [0, 0.1) is 6.92 Å². The Morgan fingerprint density at radius 3 is 2.23 bits per heavy atom. The number of aromatic nitrogens is 6. The standard InChI is InChI=1S/C25H29N7O7S/c1-14-13-26-20(24(27-14)39-6)22(33)15(2)40(34,35)31-25-30-29-23(16-9-7-12-19(28-16)38-5)32(25)21-17(36-3)10-8-11-18(21)37-4/h7-13,15,22,33H,1-6H3,(H,30,31). The van der Waals surface area contributed by atoms with Crippen LogP contribution in [0.2, 0.25) is 0 Å². The molecule has 0 saturated carbocycles. The minimum Gasteiger partial charge on any atom is -0.494 e. The number of nitrogens with zero attached hydrogens (tertiary/aromatic N) is 6. The summed E-state index contributed by atoms with van der Waals surface area (Å²) in [6.45, 7) is 3.02. The van der Waals surface area contributed by atoms with Crippen molar-refractivity contribution in [3.63, 3.8) is 0 Å². The average Bonchev–Trinajstić information content (AvgIpc) is 3.37. The quantitative estimate of drug-likeness (QED) is 0.269. The third-order valence-corrected chi connectivity index (χ3v) is 7.68. The molecule has 0 aliphatic rings. The minimum atomic E-state index is -4.32. The van der Waals surface area contributed by atoms with E-state index in [-0.39, 0.29) is 23.3 Å². The average molecular weight is 572 g/mol. The molecule has 0 saturated heterocycles. The Balaban J connectivity index is 1.84. The Bertz CT molecular complexity index is 1590. The molecule has 212 valence electrons. The summed E-state index contributed by atoms with van der Waals surface area (Å²) in [6.07, 6.45) is -0.177. The van der Waals surface area contributed by atoms with E-state index in [1.807, 2.05) is 0 Å². The molecule has 0 bridgehead atoms. The van der Waals surface area contributed by atoms with E-state index in [9.17, 15) is 13.5 Å². The van der Waals surface area contributed by atoms with Crippen molar-refractivity contribution in [3.05, 3.63) is 54.0 Å². The molecule has 3 heterocycles. The fourth-order valence-corrected chi connectivity index (χ4v) is 4.90. The van der Waals surface area contributed by atoms with Crippen molar-refractivity contribution >= 4 is 16.0 Å². The summed E-state index contributed by atoms with van der Waals surface area (Å²) in [6, 6.07) is 10.1. The summed E-state index contributed by atoms with van der Waals surface area (Å²) in [5, 5.41) is 17.9. The van der Waals surface area contributed by atoms with Gasteiger partial charge in [-0.1, -0.05) is 12.1 Å². The lowest BCUT2D eigenvalue weighted by atomic mass is 10.2. The maximum atomic E-state index is 13.6. The number of hydrogen-bond donors (Lipinski definition) is 2. The molecule has 0 aliphatic heterocycles. The van der Waals surface area contributed by atoms with Crippen molar-refractivity contribution in [1.29, 1.82) is 0 Å². The highest BCUT2D eigenvalue weighted by molar-refractivity contribution is 7.93. The summed E-state index contributed by atoms with van der Waals surface area (Å²) in [5.74, 6) is 0.976. The van der Waals surface area contributed by atoms with Gasteiger partial charge in [0.15, 0.2) is 5.82 Å². The Labute approximate surface area is 231 Å². The monoisotopic (exact) mass is 571 g/mol. The number of ether oxygens (including phenoxy) is 4. The van der Waals surface area contributed by atoms with Crippen molar-refractivity contribution in [1.82, 2.24) is 29.7 Å². The molecule has 0 amide bonds. The lowest BCUT2D eigenvalue weighted by Crippen LogP contribution is -2.32. The molecule has 2 unspecified atom stereocenters. The van der Waals surface area contributed by atoms with E-state index in [1.165, 1.54) is 46.1 Å². The number of para-hydroxylation sites is 1. The Hall–Kier alpha value is -4.50. The van der Waals surface area contributed by atoms with Crippen LogP contribution in [0.4, 0.5) is 5.95 Å². The van der Waals surface area contributed by atoms with Crippen molar-refractivity contribution < 1.29 is 32.5 Å². The molecule has 0 radical (unpaired) electrons. The molecule has 4 aromatic rings. The van der Waals surface area contributed by atoms with Crippen molar-refractivity contribution in [3.8, 4) is 40.5 Å². The number of hydrogen-bond acceptors (Lipinski definition) is 12. The first-order valence-electron chi connectivity index (χ1n) is 11.9. The zero-order valence-electron chi connectivity index (χ0n) is 22.7. The van der Waals surface area contributed by atoms with Gasteiger partial charge in [-0.05, 0) is 32.0 Å². The van der Waals surface area contributed by atoms with Crippen LogP contribution in [0.25, 0.3) is 17.2 Å². The van der Waals surface area contributed by atoms with Crippen molar-refractivity contribution in [2.24, 2.45) is 0 Å². The number of sulfonamides is 1. The third-order valence-electron chi connectivity index (χ3n) is 5.98. The fourth-order valence-electron chi connectivity index (χ4n) is 3.86. The van der Waals surface area contributed by atoms with Gasteiger partial charge >= 0.3 is 0 Å². The van der Waals surface area contributed by atoms with Gasteiger partial charge in [0.05, 0.1) is 34.1 Å². The summed E-state index contributed by atoms with van der Waals surface area (Å²) in [7, 11) is 1.43. The van der Waals surface area contributed by atoms with E-state index >= 15 is 0 Å². The molecule has 15 heteroatoms. The van der Waals surface area contributed by atoms with E-state index in [0.717, 1.165) is 0 Å². The molecule has 0 aliphatic carbocycles. The molecule has 0 spiro atoms. The second-order valence-electron chi connectivity index (χ2n) is 8.46. The van der Waals surface area contributed by atoms with Gasteiger partial charge in [-0.15, -0.1) is 10.2 Å². The van der Waals surface area contributed by atoms with Crippen LogP contribution >= 0.6 is 0 Å². The predicted molar refractivity (Wildman–Crippen MR) is 145 cm³/mol. The van der Waals surface area contributed by atoms with Crippen LogP contribution in [0.3, 0.4) is 0 Å². The van der Waals surface area contributed by atoms with E-state index in [2.05, 4.69) is 29.9 Å². The highest BCUT2D eigenvalue weighted by atomic mass is 32.2. The number of aliphatic hydroxyl groups excluding tert-OH is 1. The first kappa shape index (κ1) is 28.5. The number of benzene rings is 1. The highest BCUT2D eigenvalue weighted by Crippen LogP contribution is 2.38.